The van der Waals surface area contributed by atoms with Gasteiger partial charge in [-0.1, -0.05) is 29.4 Å². The number of nitrogens with zero attached hydrogens (tertiary/aromatic N) is 3. The molecular weight excluding hydrogens is 368 g/mol. The van der Waals surface area contributed by atoms with Gasteiger partial charge in [-0.15, -0.1) is 0 Å². The highest BCUT2D eigenvalue weighted by Gasteiger charge is 2.17. The lowest BCUT2D eigenvalue weighted by Gasteiger charge is -2.10. The third-order valence-electron chi connectivity index (χ3n) is 5.04. The molecule has 7 heteroatoms. The molecule has 150 valence electrons. The number of aryl methyl sites for hydroxylation is 1. The smallest absolute Gasteiger partial charge is 0.220 e. The zero-order chi connectivity index (χ0) is 20.1. The highest BCUT2D eigenvalue weighted by molar-refractivity contribution is 5.78. The molecule has 7 nitrogen and oxygen atoms in total. The monoisotopic (exact) mass is 392 g/mol. The Kier molecular flexibility index (Phi) is 5.95. The molecule has 0 saturated carbocycles. The van der Waals surface area contributed by atoms with E-state index in [1.807, 2.05) is 37.3 Å². The average Bonchev–Trinajstić information content (AvgIpc) is 3.43. The second-order valence-corrected chi connectivity index (χ2v) is 7.26. The van der Waals surface area contributed by atoms with Gasteiger partial charge in [0.2, 0.25) is 5.91 Å². The number of hydrogen-bond acceptors (Lipinski definition) is 6. The molecule has 2 aromatic heterocycles. The van der Waals surface area contributed by atoms with Crippen molar-refractivity contribution in [3.8, 4) is 22.6 Å². The molecule has 0 bridgehead atoms. The van der Waals surface area contributed by atoms with Crippen LogP contribution in [-0.4, -0.2) is 33.7 Å². The van der Waals surface area contributed by atoms with Gasteiger partial charge in [-0.2, -0.15) is 0 Å². The van der Waals surface area contributed by atoms with E-state index in [0.29, 0.717) is 18.7 Å². The highest BCUT2D eigenvalue weighted by Crippen LogP contribution is 2.30. The van der Waals surface area contributed by atoms with Crippen LogP contribution in [0, 0.1) is 6.92 Å². The largest absolute Gasteiger partial charge is 0.378 e. The molecule has 1 aliphatic heterocycles. The van der Waals surface area contributed by atoms with Crippen LogP contribution in [0.5, 0.6) is 0 Å². The van der Waals surface area contributed by atoms with Gasteiger partial charge in [-0.25, -0.2) is 9.97 Å². The van der Waals surface area contributed by atoms with Crippen LogP contribution in [0.4, 0.5) is 0 Å². The minimum atomic E-state index is 0.0587. The van der Waals surface area contributed by atoms with E-state index in [1.54, 1.807) is 6.20 Å². The van der Waals surface area contributed by atoms with Crippen LogP contribution in [0.15, 0.2) is 47.4 Å². The molecule has 1 fully saturated rings. The SMILES string of the molecule is Cc1cc(-c2cncnc2-c2ccc(CNC(=O)CCC3CCCO3)cc2)on1. The van der Waals surface area contributed by atoms with E-state index in [-0.39, 0.29) is 12.0 Å². The van der Waals surface area contributed by atoms with E-state index >= 15 is 0 Å². The Bertz CT molecular complexity index is 962. The van der Waals surface area contributed by atoms with Crippen LogP contribution in [0.25, 0.3) is 22.6 Å². The predicted octanol–water partition coefficient (Wildman–Crippen LogP) is 3.68. The van der Waals surface area contributed by atoms with Crippen LogP contribution in [0.2, 0.25) is 0 Å². The Hall–Kier alpha value is -3.06. The number of amides is 1. The third-order valence-corrected chi connectivity index (χ3v) is 5.04. The fraction of sp³-hybridized carbons (Fsp3) is 0.364. The third kappa shape index (κ3) is 4.86. The van der Waals surface area contributed by atoms with E-state index in [2.05, 4.69) is 20.4 Å². The lowest BCUT2D eigenvalue weighted by atomic mass is 10.0. The fourth-order valence-electron chi connectivity index (χ4n) is 3.46. The van der Waals surface area contributed by atoms with Crippen molar-refractivity contribution < 1.29 is 14.1 Å². The normalized spacial score (nSPS) is 16.1. The van der Waals surface area contributed by atoms with Crippen molar-refractivity contribution in [2.24, 2.45) is 0 Å². The van der Waals surface area contributed by atoms with Gasteiger partial charge in [0.25, 0.3) is 0 Å². The second kappa shape index (κ2) is 8.96. The molecule has 1 aromatic carbocycles. The Labute approximate surface area is 169 Å². The van der Waals surface area contributed by atoms with Crippen molar-refractivity contribution in [3.05, 3.63) is 54.1 Å². The van der Waals surface area contributed by atoms with E-state index in [4.69, 9.17) is 9.26 Å². The number of carbonyl (C=O) groups excluding carboxylic acids is 1. The molecule has 0 aliphatic carbocycles. The van der Waals surface area contributed by atoms with E-state index in [1.165, 1.54) is 6.33 Å². The van der Waals surface area contributed by atoms with Crippen LogP contribution >= 0.6 is 0 Å². The topological polar surface area (TPSA) is 90.1 Å². The Morgan fingerprint density at radius 1 is 1.28 bits per heavy atom. The minimum absolute atomic E-state index is 0.0587. The van der Waals surface area contributed by atoms with Crippen LogP contribution < -0.4 is 5.32 Å². The Balaban J connectivity index is 1.38. The van der Waals surface area contributed by atoms with Crippen molar-refractivity contribution in [2.45, 2.75) is 45.3 Å². The van der Waals surface area contributed by atoms with E-state index in [0.717, 1.165) is 53.9 Å². The van der Waals surface area contributed by atoms with Gasteiger partial charge >= 0.3 is 0 Å². The number of nitrogens with one attached hydrogen (secondary N) is 1. The fourth-order valence-corrected chi connectivity index (χ4v) is 3.46. The maximum absolute atomic E-state index is 12.1. The van der Waals surface area contributed by atoms with Crippen LogP contribution in [0.3, 0.4) is 0 Å². The van der Waals surface area contributed by atoms with Gasteiger partial charge in [0, 0.05) is 37.4 Å². The first-order chi connectivity index (χ1) is 14.2. The molecule has 29 heavy (non-hydrogen) atoms. The molecule has 3 heterocycles. The number of carbonyl (C=O) groups is 1. The summed E-state index contributed by atoms with van der Waals surface area (Å²) in [6.07, 6.45) is 6.95. The lowest BCUT2D eigenvalue weighted by molar-refractivity contribution is -0.121. The first-order valence-electron chi connectivity index (χ1n) is 9.90. The first kappa shape index (κ1) is 19.3. The van der Waals surface area contributed by atoms with Gasteiger partial charge in [-0.05, 0) is 31.7 Å². The number of ether oxygens (including phenoxy) is 1. The molecule has 1 unspecified atom stereocenters. The summed E-state index contributed by atoms with van der Waals surface area (Å²) in [4.78, 5) is 20.6. The van der Waals surface area contributed by atoms with Gasteiger partial charge in [0.05, 0.1) is 23.1 Å². The molecule has 1 amide bonds. The average molecular weight is 392 g/mol. The Morgan fingerprint density at radius 3 is 2.86 bits per heavy atom. The summed E-state index contributed by atoms with van der Waals surface area (Å²) in [5.74, 6) is 0.698. The Morgan fingerprint density at radius 2 is 2.14 bits per heavy atom. The number of hydrogen-bond donors (Lipinski definition) is 1. The maximum Gasteiger partial charge on any atom is 0.220 e. The number of rotatable bonds is 7. The van der Waals surface area contributed by atoms with Crippen LogP contribution in [0.1, 0.15) is 36.9 Å². The molecule has 0 radical (unpaired) electrons. The van der Waals surface area contributed by atoms with Gasteiger partial charge in [0.15, 0.2) is 5.76 Å². The van der Waals surface area contributed by atoms with E-state index < -0.39 is 0 Å². The van der Waals surface area contributed by atoms with Crippen molar-refractivity contribution >= 4 is 5.91 Å². The van der Waals surface area contributed by atoms with E-state index in [9.17, 15) is 4.79 Å². The molecule has 1 saturated heterocycles. The molecule has 1 N–H and O–H groups in total. The standard InChI is InChI=1S/C22H24N4O3/c1-15-11-20(29-26-15)19-13-23-14-25-22(19)17-6-4-16(5-7-17)12-24-21(27)9-8-18-3-2-10-28-18/h4-7,11,13-14,18H,2-3,8-10,12H2,1H3,(H,24,27). The summed E-state index contributed by atoms with van der Waals surface area (Å²) in [6.45, 7) is 3.20. The molecule has 1 atom stereocenters. The molecule has 0 spiro atoms. The molecule has 4 rings (SSSR count). The first-order valence-corrected chi connectivity index (χ1v) is 9.90. The minimum Gasteiger partial charge on any atom is -0.378 e. The molecule has 3 aromatic rings. The predicted molar refractivity (Wildman–Crippen MR) is 108 cm³/mol. The quantitative estimate of drug-likeness (QED) is 0.660. The summed E-state index contributed by atoms with van der Waals surface area (Å²) in [6, 6.07) is 9.83. The maximum atomic E-state index is 12.1. The zero-order valence-corrected chi connectivity index (χ0v) is 16.4. The number of benzene rings is 1. The highest BCUT2D eigenvalue weighted by atomic mass is 16.5. The van der Waals surface area contributed by atoms with Crippen molar-refractivity contribution in [1.29, 1.82) is 0 Å². The van der Waals surface area contributed by atoms with Crippen molar-refractivity contribution in [3.63, 3.8) is 0 Å². The van der Waals surface area contributed by atoms with Gasteiger partial charge in [0.1, 0.15) is 6.33 Å². The van der Waals surface area contributed by atoms with Crippen LogP contribution in [-0.2, 0) is 16.1 Å². The molecule has 1 aliphatic rings. The van der Waals surface area contributed by atoms with Gasteiger partial charge in [-0.3, -0.25) is 4.79 Å². The van der Waals surface area contributed by atoms with Gasteiger partial charge < -0.3 is 14.6 Å². The lowest BCUT2D eigenvalue weighted by Crippen LogP contribution is -2.23. The summed E-state index contributed by atoms with van der Waals surface area (Å²) in [5.41, 5.74) is 4.36. The summed E-state index contributed by atoms with van der Waals surface area (Å²) in [5, 5.41) is 6.92. The zero-order valence-electron chi connectivity index (χ0n) is 16.4. The number of aromatic nitrogens is 3. The van der Waals surface area contributed by atoms with Crippen molar-refractivity contribution in [2.75, 3.05) is 6.61 Å². The summed E-state index contributed by atoms with van der Waals surface area (Å²) >= 11 is 0. The molecular formula is C22H24N4O3. The van der Waals surface area contributed by atoms with Crippen molar-refractivity contribution in [1.82, 2.24) is 20.4 Å². The summed E-state index contributed by atoms with van der Waals surface area (Å²) in [7, 11) is 0. The second-order valence-electron chi connectivity index (χ2n) is 7.26. The summed E-state index contributed by atoms with van der Waals surface area (Å²) < 4.78 is 10.9.